The van der Waals surface area contributed by atoms with Crippen molar-refractivity contribution in [1.29, 1.82) is 0 Å². The minimum absolute atomic E-state index is 0.00387. The zero-order valence-electron chi connectivity index (χ0n) is 7.53. The number of hydrogen-bond acceptors (Lipinski definition) is 4. The predicted octanol–water partition coefficient (Wildman–Crippen LogP) is 3.54. The van der Waals surface area contributed by atoms with Crippen molar-refractivity contribution in [3.05, 3.63) is 26.9 Å². The Labute approximate surface area is 95.4 Å². The second-order valence-electron chi connectivity index (χ2n) is 2.96. The molecule has 2 aromatic heterocycles. The van der Waals surface area contributed by atoms with E-state index in [4.69, 9.17) is 17.3 Å². The fourth-order valence-corrected chi connectivity index (χ4v) is 2.92. The van der Waals surface area contributed by atoms with Gasteiger partial charge in [-0.1, -0.05) is 11.6 Å². The van der Waals surface area contributed by atoms with Crippen LogP contribution in [-0.2, 0) is 0 Å². The van der Waals surface area contributed by atoms with Crippen molar-refractivity contribution < 1.29 is 0 Å². The van der Waals surface area contributed by atoms with Gasteiger partial charge in [0.05, 0.1) is 20.9 Å². The van der Waals surface area contributed by atoms with Crippen molar-refractivity contribution in [2.45, 2.75) is 13.0 Å². The third-order valence-corrected chi connectivity index (χ3v) is 4.04. The van der Waals surface area contributed by atoms with Gasteiger partial charge in [-0.3, -0.25) is 0 Å². The van der Waals surface area contributed by atoms with Crippen molar-refractivity contribution in [3.8, 4) is 10.6 Å². The van der Waals surface area contributed by atoms with Gasteiger partial charge in [-0.05, 0) is 19.1 Å². The Balaban J connectivity index is 2.33. The average molecular weight is 245 g/mol. The quantitative estimate of drug-likeness (QED) is 0.878. The van der Waals surface area contributed by atoms with Crippen LogP contribution in [0.3, 0.4) is 0 Å². The SMILES string of the molecule is CC(N)c1nc(-c2ccc(Cl)s2)cs1. The van der Waals surface area contributed by atoms with Gasteiger partial charge in [0.15, 0.2) is 0 Å². The van der Waals surface area contributed by atoms with Crippen LogP contribution < -0.4 is 5.73 Å². The molecule has 0 fully saturated rings. The molecule has 0 aliphatic carbocycles. The first kappa shape index (κ1) is 10.1. The highest BCUT2D eigenvalue weighted by atomic mass is 35.5. The van der Waals surface area contributed by atoms with Crippen molar-refractivity contribution in [2.75, 3.05) is 0 Å². The lowest BCUT2D eigenvalue weighted by Gasteiger charge is -1.96. The van der Waals surface area contributed by atoms with Crippen LogP contribution in [0.15, 0.2) is 17.5 Å². The molecule has 0 saturated carbocycles. The first-order chi connectivity index (χ1) is 6.66. The topological polar surface area (TPSA) is 38.9 Å². The molecule has 2 heterocycles. The molecule has 0 aliphatic heterocycles. The maximum absolute atomic E-state index is 5.85. The Hall–Kier alpha value is -0.420. The molecular formula is C9H9ClN2S2. The first-order valence-electron chi connectivity index (χ1n) is 4.13. The van der Waals surface area contributed by atoms with Gasteiger partial charge in [0.25, 0.3) is 0 Å². The van der Waals surface area contributed by atoms with E-state index in [0.717, 1.165) is 19.9 Å². The van der Waals surface area contributed by atoms with Crippen LogP contribution >= 0.6 is 34.3 Å². The first-order valence-corrected chi connectivity index (χ1v) is 6.21. The molecule has 2 rings (SSSR count). The van der Waals surface area contributed by atoms with E-state index >= 15 is 0 Å². The van der Waals surface area contributed by atoms with Crippen LogP contribution in [0.4, 0.5) is 0 Å². The molecule has 0 spiro atoms. The van der Waals surface area contributed by atoms with Crippen LogP contribution in [-0.4, -0.2) is 4.98 Å². The molecule has 74 valence electrons. The van der Waals surface area contributed by atoms with Gasteiger partial charge in [0, 0.05) is 5.38 Å². The molecule has 14 heavy (non-hydrogen) atoms. The zero-order chi connectivity index (χ0) is 10.1. The molecule has 0 aromatic carbocycles. The van der Waals surface area contributed by atoms with Crippen LogP contribution in [0.1, 0.15) is 18.0 Å². The molecule has 0 bridgehead atoms. The summed E-state index contributed by atoms with van der Waals surface area (Å²) in [6.45, 7) is 1.93. The highest BCUT2D eigenvalue weighted by Gasteiger charge is 2.09. The van der Waals surface area contributed by atoms with Gasteiger partial charge >= 0.3 is 0 Å². The third-order valence-electron chi connectivity index (χ3n) is 1.74. The maximum atomic E-state index is 5.85. The van der Waals surface area contributed by atoms with Crippen molar-refractivity contribution in [3.63, 3.8) is 0 Å². The largest absolute Gasteiger partial charge is 0.322 e. The summed E-state index contributed by atoms with van der Waals surface area (Å²) in [5, 5.41) is 2.98. The van der Waals surface area contributed by atoms with E-state index in [2.05, 4.69) is 4.98 Å². The van der Waals surface area contributed by atoms with Crippen molar-refractivity contribution in [1.82, 2.24) is 4.98 Å². The van der Waals surface area contributed by atoms with E-state index in [-0.39, 0.29) is 6.04 Å². The van der Waals surface area contributed by atoms with Crippen LogP contribution in [0.25, 0.3) is 10.6 Å². The summed E-state index contributed by atoms with van der Waals surface area (Å²) in [4.78, 5) is 5.53. The number of hydrogen-bond donors (Lipinski definition) is 1. The van der Waals surface area contributed by atoms with E-state index < -0.39 is 0 Å². The highest BCUT2D eigenvalue weighted by molar-refractivity contribution is 7.19. The van der Waals surface area contributed by atoms with Crippen molar-refractivity contribution in [2.24, 2.45) is 5.73 Å². The zero-order valence-corrected chi connectivity index (χ0v) is 9.92. The molecule has 2 nitrogen and oxygen atoms in total. The van der Waals surface area contributed by atoms with E-state index in [9.17, 15) is 0 Å². The summed E-state index contributed by atoms with van der Waals surface area (Å²) in [7, 11) is 0. The summed E-state index contributed by atoms with van der Waals surface area (Å²) in [5.41, 5.74) is 6.71. The molecule has 5 heteroatoms. The molecule has 0 saturated heterocycles. The minimum Gasteiger partial charge on any atom is -0.322 e. The van der Waals surface area contributed by atoms with E-state index in [0.29, 0.717) is 0 Å². The molecule has 2 N–H and O–H groups in total. The Morgan fingerprint density at radius 2 is 2.29 bits per heavy atom. The minimum atomic E-state index is 0.00387. The molecular weight excluding hydrogens is 236 g/mol. The van der Waals surface area contributed by atoms with E-state index in [1.54, 1.807) is 11.3 Å². The monoisotopic (exact) mass is 244 g/mol. The Bertz CT molecular complexity index is 433. The fourth-order valence-electron chi connectivity index (χ4n) is 1.06. The van der Waals surface area contributed by atoms with Gasteiger partial charge in [0.1, 0.15) is 5.01 Å². The number of aromatic nitrogens is 1. The Morgan fingerprint density at radius 3 is 2.79 bits per heavy atom. The summed E-state index contributed by atoms with van der Waals surface area (Å²) in [6, 6.07) is 3.86. The Kier molecular flexibility index (Phi) is 2.88. The second-order valence-corrected chi connectivity index (χ2v) is 5.57. The lowest BCUT2D eigenvalue weighted by atomic mass is 10.3. The van der Waals surface area contributed by atoms with Gasteiger partial charge in [-0.15, -0.1) is 22.7 Å². The van der Waals surface area contributed by atoms with Crippen molar-refractivity contribution >= 4 is 34.3 Å². The van der Waals surface area contributed by atoms with Gasteiger partial charge in [0.2, 0.25) is 0 Å². The molecule has 0 aliphatic rings. The number of thiazole rings is 1. The maximum Gasteiger partial charge on any atom is 0.110 e. The number of thiophene rings is 1. The van der Waals surface area contributed by atoms with Gasteiger partial charge in [-0.25, -0.2) is 4.98 Å². The fraction of sp³-hybridized carbons (Fsp3) is 0.222. The smallest absolute Gasteiger partial charge is 0.110 e. The van der Waals surface area contributed by atoms with Crippen LogP contribution in [0.2, 0.25) is 4.34 Å². The number of nitrogens with two attached hydrogens (primary N) is 1. The molecule has 2 aromatic rings. The average Bonchev–Trinajstić information content (AvgIpc) is 2.70. The predicted molar refractivity (Wildman–Crippen MR) is 63.0 cm³/mol. The number of rotatable bonds is 2. The third kappa shape index (κ3) is 1.98. The highest BCUT2D eigenvalue weighted by Crippen LogP contribution is 2.32. The van der Waals surface area contributed by atoms with Gasteiger partial charge in [-0.2, -0.15) is 0 Å². The number of halogens is 1. The summed E-state index contributed by atoms with van der Waals surface area (Å²) in [5.74, 6) is 0. The summed E-state index contributed by atoms with van der Waals surface area (Å²) < 4.78 is 0.787. The molecule has 0 radical (unpaired) electrons. The van der Waals surface area contributed by atoms with E-state index in [1.165, 1.54) is 11.3 Å². The second kappa shape index (κ2) is 3.98. The van der Waals surface area contributed by atoms with Gasteiger partial charge < -0.3 is 5.73 Å². The van der Waals surface area contributed by atoms with Crippen LogP contribution in [0, 0.1) is 0 Å². The number of nitrogens with zero attached hydrogens (tertiary/aromatic N) is 1. The summed E-state index contributed by atoms with van der Waals surface area (Å²) in [6.07, 6.45) is 0. The lowest BCUT2D eigenvalue weighted by molar-refractivity contribution is 0.808. The molecule has 1 atom stereocenters. The molecule has 1 unspecified atom stereocenters. The standard InChI is InChI=1S/C9H9ClN2S2/c1-5(11)9-12-6(4-13-9)7-2-3-8(10)14-7/h2-5H,11H2,1H3. The van der Waals surface area contributed by atoms with Crippen LogP contribution in [0.5, 0.6) is 0 Å². The Morgan fingerprint density at radius 1 is 1.50 bits per heavy atom. The summed E-state index contributed by atoms with van der Waals surface area (Å²) >= 11 is 8.97. The molecule has 0 amide bonds. The normalized spacial score (nSPS) is 13.1. The van der Waals surface area contributed by atoms with E-state index in [1.807, 2.05) is 24.4 Å². The lowest BCUT2D eigenvalue weighted by Crippen LogP contribution is -2.03.